The van der Waals surface area contributed by atoms with Crippen LogP contribution in [0.15, 0.2) is 53.3 Å². The highest BCUT2D eigenvalue weighted by atomic mass is 19.4. The van der Waals surface area contributed by atoms with Crippen LogP contribution in [0, 0.1) is 0 Å². The number of hydrogen-bond acceptors (Lipinski definition) is 5. The number of fused-ring (bicyclic) bond motifs is 3. The predicted molar refractivity (Wildman–Crippen MR) is 109 cm³/mol. The summed E-state index contributed by atoms with van der Waals surface area (Å²) in [5.74, 6) is -3.42. The molecule has 0 aliphatic rings. The van der Waals surface area contributed by atoms with E-state index in [2.05, 4.69) is 4.98 Å². The van der Waals surface area contributed by atoms with Crippen LogP contribution < -0.4 is 10.9 Å². The predicted octanol–water partition coefficient (Wildman–Crippen LogP) is 2.24. The average Bonchev–Trinajstić information content (AvgIpc) is 3.15. The second kappa shape index (κ2) is 7.97. The topological polar surface area (TPSA) is 126 Å². The van der Waals surface area contributed by atoms with E-state index in [0.29, 0.717) is 11.0 Å². The van der Waals surface area contributed by atoms with Gasteiger partial charge in [0, 0.05) is 0 Å². The van der Waals surface area contributed by atoms with E-state index in [1.54, 1.807) is 24.3 Å². The second-order valence-corrected chi connectivity index (χ2v) is 7.05. The summed E-state index contributed by atoms with van der Waals surface area (Å²) in [6.07, 6.45) is -4.70. The van der Waals surface area contributed by atoms with E-state index >= 15 is 0 Å². The van der Waals surface area contributed by atoms with Gasteiger partial charge in [-0.3, -0.25) is 14.4 Å². The molecular formula is C21H15F3N4O5. The molecule has 0 fully saturated rings. The number of carboxylic acids is 1. The molecule has 2 heterocycles. The van der Waals surface area contributed by atoms with Crippen molar-refractivity contribution < 1.29 is 33.0 Å². The summed E-state index contributed by atoms with van der Waals surface area (Å²) < 4.78 is 42.6. The Hall–Kier alpha value is -4.35. The Morgan fingerprint density at radius 3 is 2.42 bits per heavy atom. The number of nitrogens with one attached hydrogen (secondary N) is 1. The Kier molecular flexibility index (Phi) is 5.28. The molecular weight excluding hydrogens is 445 g/mol. The van der Waals surface area contributed by atoms with E-state index in [1.807, 2.05) is 5.32 Å². The number of amides is 1. The van der Waals surface area contributed by atoms with Crippen LogP contribution >= 0.6 is 0 Å². The molecule has 12 heteroatoms. The fraction of sp³-hybridized carbons (Fsp3) is 0.143. The summed E-state index contributed by atoms with van der Waals surface area (Å²) >= 11 is 0. The maximum Gasteiger partial charge on any atom is 0.416 e. The van der Waals surface area contributed by atoms with Crippen molar-refractivity contribution in [3.8, 4) is 5.75 Å². The van der Waals surface area contributed by atoms with Gasteiger partial charge in [0.1, 0.15) is 6.54 Å². The molecule has 3 N–H and O–H groups in total. The average molecular weight is 460 g/mol. The SMILES string of the molecule is O=C(O)CNC(=O)c1c(O)c2nc3ccccc3n2n(Cc2ccccc2C(F)(F)F)c1=O. The molecule has 9 nitrogen and oxygen atoms in total. The van der Waals surface area contributed by atoms with E-state index in [1.165, 1.54) is 18.2 Å². The monoisotopic (exact) mass is 460 g/mol. The van der Waals surface area contributed by atoms with Crippen molar-refractivity contribution >= 4 is 28.6 Å². The number of aromatic hydroxyl groups is 1. The summed E-state index contributed by atoms with van der Waals surface area (Å²) in [5, 5.41) is 21.4. The van der Waals surface area contributed by atoms with Crippen molar-refractivity contribution in [2.24, 2.45) is 0 Å². The van der Waals surface area contributed by atoms with Crippen molar-refractivity contribution in [2.75, 3.05) is 6.54 Å². The smallest absolute Gasteiger partial charge is 0.416 e. The van der Waals surface area contributed by atoms with Gasteiger partial charge in [0.15, 0.2) is 17.0 Å². The maximum absolute atomic E-state index is 13.5. The van der Waals surface area contributed by atoms with E-state index in [9.17, 15) is 32.7 Å². The van der Waals surface area contributed by atoms with Gasteiger partial charge in [-0.25, -0.2) is 14.2 Å². The third-order valence-corrected chi connectivity index (χ3v) is 4.95. The van der Waals surface area contributed by atoms with E-state index in [0.717, 1.165) is 15.3 Å². The normalized spacial score (nSPS) is 11.7. The van der Waals surface area contributed by atoms with Gasteiger partial charge in [-0.1, -0.05) is 30.3 Å². The van der Waals surface area contributed by atoms with Gasteiger partial charge in [0.2, 0.25) is 0 Å². The molecule has 4 rings (SSSR count). The molecule has 0 bridgehead atoms. The summed E-state index contributed by atoms with van der Waals surface area (Å²) in [6, 6.07) is 11.0. The fourth-order valence-corrected chi connectivity index (χ4v) is 3.53. The van der Waals surface area contributed by atoms with E-state index < -0.39 is 53.6 Å². The molecule has 0 saturated carbocycles. The zero-order valence-corrected chi connectivity index (χ0v) is 16.6. The number of carbonyl (C=O) groups is 2. The molecule has 0 spiro atoms. The zero-order valence-electron chi connectivity index (χ0n) is 16.6. The Bertz CT molecular complexity index is 1470. The number of nitrogens with zero attached hydrogens (tertiary/aromatic N) is 3. The second-order valence-electron chi connectivity index (χ2n) is 7.05. The first-order valence-corrected chi connectivity index (χ1v) is 9.48. The van der Waals surface area contributed by atoms with Gasteiger partial charge in [0.25, 0.3) is 11.5 Å². The number of rotatable bonds is 5. The number of aliphatic carboxylic acids is 1. The molecule has 0 atom stereocenters. The molecule has 33 heavy (non-hydrogen) atoms. The van der Waals surface area contributed by atoms with Crippen molar-refractivity contribution in [1.29, 1.82) is 0 Å². The quantitative estimate of drug-likeness (QED) is 0.419. The summed E-state index contributed by atoms with van der Waals surface area (Å²) in [7, 11) is 0. The van der Waals surface area contributed by atoms with Gasteiger partial charge in [-0.2, -0.15) is 13.2 Å². The highest BCUT2D eigenvalue weighted by Crippen LogP contribution is 2.32. The van der Waals surface area contributed by atoms with Crippen LogP contribution in [0.25, 0.3) is 16.7 Å². The number of aromatic nitrogens is 3. The highest BCUT2D eigenvalue weighted by Gasteiger charge is 2.34. The van der Waals surface area contributed by atoms with Gasteiger partial charge >= 0.3 is 12.1 Å². The number of benzene rings is 2. The Labute approximate surface area is 182 Å². The number of hydrogen-bond donors (Lipinski definition) is 3. The van der Waals surface area contributed by atoms with Crippen molar-refractivity contribution in [3.63, 3.8) is 0 Å². The van der Waals surface area contributed by atoms with E-state index in [4.69, 9.17) is 5.11 Å². The number of carboxylic acid groups (broad SMARTS) is 1. The van der Waals surface area contributed by atoms with Gasteiger partial charge in [-0.05, 0) is 23.8 Å². The third-order valence-electron chi connectivity index (χ3n) is 4.95. The molecule has 0 aliphatic heterocycles. The van der Waals surface area contributed by atoms with Crippen LogP contribution in [0.5, 0.6) is 5.75 Å². The molecule has 0 unspecified atom stereocenters. The fourth-order valence-electron chi connectivity index (χ4n) is 3.53. The van der Waals surface area contributed by atoms with Crippen LogP contribution in [-0.4, -0.2) is 42.8 Å². The molecule has 2 aromatic carbocycles. The third kappa shape index (κ3) is 3.86. The largest absolute Gasteiger partial charge is 0.504 e. The molecule has 0 saturated heterocycles. The summed E-state index contributed by atoms with van der Waals surface area (Å²) in [4.78, 5) is 40.8. The molecule has 2 aromatic heterocycles. The summed E-state index contributed by atoms with van der Waals surface area (Å²) in [6.45, 7) is -1.44. The molecule has 1 amide bonds. The number of para-hydroxylation sites is 2. The lowest BCUT2D eigenvalue weighted by Gasteiger charge is -2.17. The standard InChI is InChI=1S/C21H15F3N4O5/c22-21(23,24)12-6-2-1-5-11(12)10-27-20(33)16(19(32)25-9-15(29)30)17(31)18-26-13-7-3-4-8-14(13)28(18)27/h1-8,31H,9-10H2,(H,25,32)(H,29,30). The lowest BCUT2D eigenvalue weighted by Crippen LogP contribution is -2.38. The molecule has 4 aromatic rings. The number of alkyl halides is 3. The Morgan fingerprint density at radius 1 is 1.06 bits per heavy atom. The van der Waals surface area contributed by atoms with Crippen molar-refractivity contribution in [3.05, 3.63) is 75.6 Å². The lowest BCUT2D eigenvalue weighted by molar-refractivity contribution is -0.138. The zero-order chi connectivity index (χ0) is 23.9. The van der Waals surface area contributed by atoms with Crippen LogP contribution in [0.1, 0.15) is 21.5 Å². The maximum atomic E-state index is 13.5. The summed E-state index contributed by atoms with van der Waals surface area (Å²) in [5.41, 5.74) is -2.81. The van der Waals surface area contributed by atoms with Crippen molar-refractivity contribution in [1.82, 2.24) is 19.5 Å². The van der Waals surface area contributed by atoms with Crippen LogP contribution in [-0.2, 0) is 17.5 Å². The number of halogens is 3. The van der Waals surface area contributed by atoms with Gasteiger partial charge in [-0.15, -0.1) is 0 Å². The molecule has 170 valence electrons. The van der Waals surface area contributed by atoms with Crippen molar-refractivity contribution in [2.45, 2.75) is 12.7 Å². The Balaban J connectivity index is 2.01. The van der Waals surface area contributed by atoms with Crippen LogP contribution in [0.3, 0.4) is 0 Å². The first-order chi connectivity index (χ1) is 15.6. The minimum atomic E-state index is -4.70. The number of imidazole rings is 1. The first kappa shape index (κ1) is 21.9. The van der Waals surface area contributed by atoms with Crippen LogP contribution in [0.2, 0.25) is 0 Å². The highest BCUT2D eigenvalue weighted by molar-refractivity contribution is 6.00. The van der Waals surface area contributed by atoms with Crippen LogP contribution in [0.4, 0.5) is 13.2 Å². The van der Waals surface area contributed by atoms with E-state index in [-0.39, 0.29) is 11.2 Å². The molecule has 0 aliphatic carbocycles. The van der Waals surface area contributed by atoms with Gasteiger partial charge in [0.05, 0.1) is 23.1 Å². The minimum absolute atomic E-state index is 0.249. The lowest BCUT2D eigenvalue weighted by atomic mass is 10.1. The minimum Gasteiger partial charge on any atom is -0.504 e. The Morgan fingerprint density at radius 2 is 1.73 bits per heavy atom. The first-order valence-electron chi connectivity index (χ1n) is 9.48. The van der Waals surface area contributed by atoms with Gasteiger partial charge < -0.3 is 15.5 Å². The molecule has 0 radical (unpaired) electrons. The number of carbonyl (C=O) groups excluding carboxylic acids is 1.